The largest absolute Gasteiger partial charge is 0.379 e. The first-order valence-corrected chi connectivity index (χ1v) is 9.78. The van der Waals surface area contributed by atoms with E-state index < -0.39 is 0 Å². The Morgan fingerprint density at radius 3 is 2.60 bits per heavy atom. The van der Waals surface area contributed by atoms with E-state index in [1.807, 2.05) is 0 Å². The molecule has 1 saturated carbocycles. The minimum atomic E-state index is 0.309. The van der Waals surface area contributed by atoms with Gasteiger partial charge in [0.2, 0.25) is 0 Å². The molecule has 1 aromatic carbocycles. The number of hydrogen-bond donors (Lipinski definition) is 2. The van der Waals surface area contributed by atoms with Gasteiger partial charge >= 0.3 is 0 Å². The van der Waals surface area contributed by atoms with E-state index in [9.17, 15) is 0 Å². The Labute approximate surface area is 151 Å². The highest BCUT2D eigenvalue weighted by Gasteiger charge is 2.23. The van der Waals surface area contributed by atoms with Gasteiger partial charge in [0, 0.05) is 25.7 Å². The zero-order chi connectivity index (χ0) is 17.3. The number of benzene rings is 1. The lowest BCUT2D eigenvalue weighted by Gasteiger charge is -2.34. The van der Waals surface area contributed by atoms with Crippen molar-refractivity contribution in [3.05, 3.63) is 35.9 Å². The van der Waals surface area contributed by atoms with Crippen molar-refractivity contribution in [1.29, 1.82) is 0 Å². The molecule has 0 bridgehead atoms. The van der Waals surface area contributed by atoms with Crippen LogP contribution in [0.4, 0.5) is 0 Å². The number of nitrogens with one attached hydrogen (secondary N) is 2. The maximum Gasteiger partial charge on any atom is 0.191 e. The summed E-state index contributed by atoms with van der Waals surface area (Å²) in [5.41, 5.74) is 1.34. The molecule has 25 heavy (non-hydrogen) atoms. The lowest BCUT2D eigenvalue weighted by Crippen LogP contribution is -2.44. The summed E-state index contributed by atoms with van der Waals surface area (Å²) in [4.78, 5) is 7.44. The van der Waals surface area contributed by atoms with Crippen LogP contribution in [0.25, 0.3) is 0 Å². The van der Waals surface area contributed by atoms with Crippen LogP contribution in [0.2, 0.25) is 0 Å². The Morgan fingerprint density at radius 1 is 1.20 bits per heavy atom. The molecular weight excluding hydrogens is 312 g/mol. The summed E-state index contributed by atoms with van der Waals surface area (Å²) < 4.78 is 5.54. The van der Waals surface area contributed by atoms with Crippen molar-refractivity contribution < 1.29 is 4.74 Å². The summed E-state index contributed by atoms with van der Waals surface area (Å²) in [6.07, 6.45) is 5.18. The minimum absolute atomic E-state index is 0.309. The second kappa shape index (κ2) is 9.78. The van der Waals surface area contributed by atoms with Crippen molar-refractivity contribution in [3.63, 3.8) is 0 Å². The first-order chi connectivity index (χ1) is 12.4. The van der Waals surface area contributed by atoms with Crippen LogP contribution in [-0.4, -0.2) is 56.3 Å². The summed E-state index contributed by atoms with van der Waals surface area (Å²) in [7, 11) is 0. The zero-order valence-electron chi connectivity index (χ0n) is 15.4. The predicted molar refractivity (Wildman–Crippen MR) is 103 cm³/mol. The molecule has 1 atom stereocenters. The molecule has 0 amide bonds. The topological polar surface area (TPSA) is 48.9 Å². The van der Waals surface area contributed by atoms with Crippen LogP contribution < -0.4 is 10.6 Å². The standard InChI is InChI=1S/C20H32N4O/c1-2-21-20(23-18-10-6-7-11-18)22-16-19(17-8-4-3-5-9-17)24-12-14-25-15-13-24/h3-5,8-9,18-19H,2,6-7,10-16H2,1H3,(H2,21,22,23). The summed E-state index contributed by atoms with van der Waals surface area (Å²) in [5.74, 6) is 0.962. The van der Waals surface area contributed by atoms with Crippen LogP contribution in [-0.2, 0) is 4.74 Å². The van der Waals surface area contributed by atoms with E-state index in [0.717, 1.165) is 45.4 Å². The van der Waals surface area contributed by atoms with Gasteiger partial charge in [0.05, 0.1) is 25.8 Å². The van der Waals surface area contributed by atoms with Crippen molar-refractivity contribution >= 4 is 5.96 Å². The highest BCUT2D eigenvalue weighted by Crippen LogP contribution is 2.22. The fraction of sp³-hybridized carbons (Fsp3) is 0.650. The van der Waals surface area contributed by atoms with Crippen LogP contribution in [0.5, 0.6) is 0 Å². The number of morpholine rings is 1. The number of rotatable bonds is 6. The van der Waals surface area contributed by atoms with Crippen LogP contribution in [0, 0.1) is 0 Å². The second-order valence-corrected chi connectivity index (χ2v) is 6.92. The number of nitrogens with zero attached hydrogens (tertiary/aromatic N) is 2. The van der Waals surface area contributed by atoms with Gasteiger partial charge in [-0.25, -0.2) is 0 Å². The smallest absolute Gasteiger partial charge is 0.191 e. The summed E-state index contributed by atoms with van der Waals surface area (Å²) >= 11 is 0. The molecule has 1 unspecified atom stereocenters. The van der Waals surface area contributed by atoms with Gasteiger partial charge in [-0.05, 0) is 25.3 Å². The van der Waals surface area contributed by atoms with E-state index in [1.165, 1.54) is 31.2 Å². The van der Waals surface area contributed by atoms with Crippen molar-refractivity contribution in [3.8, 4) is 0 Å². The Kier molecular flexibility index (Phi) is 7.12. The third-order valence-electron chi connectivity index (χ3n) is 5.13. The van der Waals surface area contributed by atoms with E-state index in [4.69, 9.17) is 9.73 Å². The Bertz CT molecular complexity index is 522. The Morgan fingerprint density at radius 2 is 1.92 bits per heavy atom. The zero-order valence-corrected chi connectivity index (χ0v) is 15.4. The van der Waals surface area contributed by atoms with Crippen LogP contribution in [0.1, 0.15) is 44.2 Å². The maximum atomic E-state index is 5.54. The van der Waals surface area contributed by atoms with Gasteiger partial charge in [-0.3, -0.25) is 9.89 Å². The summed E-state index contributed by atoms with van der Waals surface area (Å²) in [6.45, 7) is 7.37. The van der Waals surface area contributed by atoms with Crippen molar-refractivity contribution in [2.75, 3.05) is 39.4 Å². The molecule has 1 aliphatic heterocycles. The van der Waals surface area contributed by atoms with Gasteiger partial charge in [-0.15, -0.1) is 0 Å². The SMILES string of the molecule is CCNC(=NCC(c1ccccc1)N1CCOCC1)NC1CCCC1. The predicted octanol–water partition coefficient (Wildman–Crippen LogP) is 2.56. The Hall–Kier alpha value is -1.59. The van der Waals surface area contributed by atoms with Crippen molar-refractivity contribution in [2.24, 2.45) is 4.99 Å². The third-order valence-corrected chi connectivity index (χ3v) is 5.13. The third kappa shape index (κ3) is 5.44. The van der Waals surface area contributed by atoms with Crippen molar-refractivity contribution in [2.45, 2.75) is 44.7 Å². The van der Waals surface area contributed by atoms with E-state index in [-0.39, 0.29) is 0 Å². The maximum absolute atomic E-state index is 5.54. The van der Waals surface area contributed by atoms with E-state index in [2.05, 4.69) is 52.8 Å². The lowest BCUT2D eigenvalue weighted by molar-refractivity contribution is 0.0179. The van der Waals surface area contributed by atoms with E-state index >= 15 is 0 Å². The molecule has 3 rings (SSSR count). The molecule has 2 N–H and O–H groups in total. The molecular formula is C20H32N4O. The molecule has 1 heterocycles. The highest BCUT2D eigenvalue weighted by atomic mass is 16.5. The molecule has 0 aromatic heterocycles. The number of guanidine groups is 1. The second-order valence-electron chi connectivity index (χ2n) is 6.92. The van der Waals surface area contributed by atoms with Gasteiger partial charge < -0.3 is 15.4 Å². The number of ether oxygens (including phenoxy) is 1. The average Bonchev–Trinajstić information content (AvgIpc) is 3.17. The first-order valence-electron chi connectivity index (χ1n) is 9.78. The number of aliphatic imine (C=N–C) groups is 1. The summed E-state index contributed by atoms with van der Waals surface area (Å²) in [5, 5.41) is 7.04. The van der Waals surface area contributed by atoms with Crippen LogP contribution >= 0.6 is 0 Å². The fourth-order valence-electron chi connectivity index (χ4n) is 3.76. The van der Waals surface area contributed by atoms with Crippen LogP contribution in [0.15, 0.2) is 35.3 Å². The quantitative estimate of drug-likeness (QED) is 0.615. The molecule has 5 nitrogen and oxygen atoms in total. The number of hydrogen-bond acceptors (Lipinski definition) is 3. The van der Waals surface area contributed by atoms with E-state index in [1.54, 1.807) is 0 Å². The Balaban J connectivity index is 1.70. The van der Waals surface area contributed by atoms with Gasteiger partial charge in [0.1, 0.15) is 0 Å². The van der Waals surface area contributed by atoms with Crippen molar-refractivity contribution in [1.82, 2.24) is 15.5 Å². The average molecular weight is 345 g/mol. The molecule has 2 aliphatic rings. The van der Waals surface area contributed by atoms with Gasteiger partial charge in [-0.1, -0.05) is 43.2 Å². The molecule has 0 spiro atoms. The first kappa shape index (κ1) is 18.2. The molecule has 138 valence electrons. The lowest BCUT2D eigenvalue weighted by atomic mass is 10.0. The van der Waals surface area contributed by atoms with Gasteiger partial charge in [0.25, 0.3) is 0 Å². The molecule has 5 heteroatoms. The fourth-order valence-corrected chi connectivity index (χ4v) is 3.76. The van der Waals surface area contributed by atoms with Gasteiger partial charge in [0.15, 0.2) is 5.96 Å². The van der Waals surface area contributed by atoms with E-state index in [0.29, 0.717) is 12.1 Å². The normalized spacial score (nSPS) is 21.2. The molecule has 1 aliphatic carbocycles. The van der Waals surface area contributed by atoms with Gasteiger partial charge in [-0.2, -0.15) is 0 Å². The summed E-state index contributed by atoms with van der Waals surface area (Å²) in [6, 6.07) is 11.6. The minimum Gasteiger partial charge on any atom is -0.379 e. The molecule has 1 saturated heterocycles. The van der Waals surface area contributed by atoms with Crippen LogP contribution in [0.3, 0.4) is 0 Å². The monoisotopic (exact) mass is 344 g/mol. The molecule has 1 aromatic rings. The highest BCUT2D eigenvalue weighted by molar-refractivity contribution is 5.80. The molecule has 2 fully saturated rings. The molecule has 0 radical (unpaired) electrons.